The highest BCUT2D eigenvalue weighted by Crippen LogP contribution is 2.30. The van der Waals surface area contributed by atoms with E-state index in [1.807, 2.05) is 0 Å². The van der Waals surface area contributed by atoms with Gasteiger partial charge < -0.3 is 0 Å². The van der Waals surface area contributed by atoms with Crippen LogP contribution < -0.4 is 0 Å². The number of imide groups is 1. The quantitative estimate of drug-likeness (QED) is 0.299. The lowest BCUT2D eigenvalue weighted by Gasteiger charge is -2.13. The van der Waals surface area contributed by atoms with Gasteiger partial charge in [-0.25, -0.2) is 0 Å². The number of hydrogen-bond donors (Lipinski definition) is 0. The fourth-order valence-electron chi connectivity index (χ4n) is 2.90. The molecule has 0 aliphatic carbocycles. The maximum Gasteiger partial charge on any atom is 0.282 e. The Kier molecular flexibility index (Phi) is 5.84. The van der Waals surface area contributed by atoms with E-state index < -0.39 is 16.7 Å². The summed E-state index contributed by atoms with van der Waals surface area (Å²) in [5, 5.41) is 11.0. The first kappa shape index (κ1) is 17.1. The first-order valence-corrected chi connectivity index (χ1v) is 8.21. The van der Waals surface area contributed by atoms with Crippen LogP contribution in [0.25, 0.3) is 0 Å². The summed E-state index contributed by atoms with van der Waals surface area (Å²) < 4.78 is 0. The van der Waals surface area contributed by atoms with Crippen molar-refractivity contribution < 1.29 is 14.5 Å². The molecule has 0 spiro atoms. The van der Waals surface area contributed by atoms with Gasteiger partial charge in [-0.15, -0.1) is 0 Å². The molecule has 2 rings (SSSR count). The molecular weight excluding hydrogens is 296 g/mol. The summed E-state index contributed by atoms with van der Waals surface area (Å²) >= 11 is 0. The van der Waals surface area contributed by atoms with Crippen molar-refractivity contribution in [3.05, 3.63) is 39.4 Å². The van der Waals surface area contributed by atoms with Crippen LogP contribution in [0.15, 0.2) is 18.2 Å². The Bertz CT molecular complexity index is 613. The van der Waals surface area contributed by atoms with Gasteiger partial charge in [-0.05, 0) is 12.5 Å². The molecule has 0 saturated heterocycles. The minimum absolute atomic E-state index is 0.0644. The molecule has 1 heterocycles. The molecule has 6 heteroatoms. The summed E-state index contributed by atoms with van der Waals surface area (Å²) in [5.74, 6) is -0.956. The molecule has 124 valence electrons. The van der Waals surface area contributed by atoms with Crippen LogP contribution in [0.5, 0.6) is 0 Å². The topological polar surface area (TPSA) is 80.5 Å². The second kappa shape index (κ2) is 7.85. The maximum absolute atomic E-state index is 12.3. The minimum Gasteiger partial charge on any atom is -0.274 e. The molecular formula is C17H22N2O4. The molecule has 6 nitrogen and oxygen atoms in total. The van der Waals surface area contributed by atoms with Crippen molar-refractivity contribution in [1.29, 1.82) is 0 Å². The molecule has 0 N–H and O–H groups in total. The lowest BCUT2D eigenvalue weighted by atomic mass is 10.1. The fraction of sp³-hybridized carbons (Fsp3) is 0.529. The van der Waals surface area contributed by atoms with Gasteiger partial charge in [-0.3, -0.25) is 24.6 Å². The van der Waals surface area contributed by atoms with E-state index in [1.54, 1.807) is 0 Å². The summed E-state index contributed by atoms with van der Waals surface area (Å²) in [6.45, 7) is 2.50. The number of benzene rings is 1. The van der Waals surface area contributed by atoms with Gasteiger partial charge in [0.2, 0.25) is 0 Å². The maximum atomic E-state index is 12.3. The van der Waals surface area contributed by atoms with Crippen molar-refractivity contribution in [1.82, 2.24) is 4.90 Å². The molecule has 1 aromatic rings. The van der Waals surface area contributed by atoms with Crippen molar-refractivity contribution >= 4 is 17.5 Å². The Labute approximate surface area is 135 Å². The average molecular weight is 318 g/mol. The summed E-state index contributed by atoms with van der Waals surface area (Å²) in [6.07, 6.45) is 7.61. The molecule has 0 saturated carbocycles. The van der Waals surface area contributed by atoms with Gasteiger partial charge in [0.1, 0.15) is 5.56 Å². The zero-order valence-electron chi connectivity index (χ0n) is 13.4. The lowest BCUT2D eigenvalue weighted by molar-refractivity contribution is -0.385. The molecule has 1 aromatic carbocycles. The smallest absolute Gasteiger partial charge is 0.274 e. The van der Waals surface area contributed by atoms with E-state index in [9.17, 15) is 19.7 Å². The Hall–Kier alpha value is -2.24. The van der Waals surface area contributed by atoms with Crippen LogP contribution in [-0.2, 0) is 0 Å². The van der Waals surface area contributed by atoms with Crippen molar-refractivity contribution in [2.75, 3.05) is 6.54 Å². The first-order valence-electron chi connectivity index (χ1n) is 8.21. The number of amides is 2. The monoisotopic (exact) mass is 318 g/mol. The van der Waals surface area contributed by atoms with Gasteiger partial charge in [0, 0.05) is 12.6 Å². The highest BCUT2D eigenvalue weighted by molar-refractivity contribution is 6.23. The SMILES string of the molecule is CCCCCCCCCN1C(=O)c2cccc([N+](=O)[O-])c2C1=O. The third kappa shape index (κ3) is 3.75. The van der Waals surface area contributed by atoms with Gasteiger partial charge >= 0.3 is 0 Å². The largest absolute Gasteiger partial charge is 0.282 e. The van der Waals surface area contributed by atoms with E-state index in [-0.39, 0.29) is 16.8 Å². The van der Waals surface area contributed by atoms with Crippen LogP contribution in [0, 0.1) is 10.1 Å². The van der Waals surface area contributed by atoms with E-state index >= 15 is 0 Å². The zero-order valence-corrected chi connectivity index (χ0v) is 13.4. The molecule has 0 radical (unpaired) electrons. The number of nitro benzene ring substituents is 1. The van der Waals surface area contributed by atoms with Crippen LogP contribution in [0.3, 0.4) is 0 Å². The summed E-state index contributed by atoms with van der Waals surface area (Å²) in [6, 6.07) is 4.19. The minimum atomic E-state index is -0.610. The van der Waals surface area contributed by atoms with Crippen molar-refractivity contribution in [2.45, 2.75) is 51.9 Å². The standard InChI is InChI=1S/C17H22N2O4/c1-2-3-4-5-6-7-8-12-18-16(20)13-10-9-11-14(19(22)23)15(13)17(18)21/h9-11H,2-8,12H2,1H3. The fourth-order valence-corrected chi connectivity index (χ4v) is 2.90. The summed E-state index contributed by atoms with van der Waals surface area (Å²) in [5.41, 5.74) is -0.208. The third-order valence-corrected chi connectivity index (χ3v) is 4.16. The number of rotatable bonds is 9. The predicted octanol–water partition coefficient (Wildman–Crippen LogP) is 3.94. The Balaban J connectivity index is 1.93. The van der Waals surface area contributed by atoms with Crippen LogP contribution in [0.1, 0.15) is 72.6 Å². The van der Waals surface area contributed by atoms with Gasteiger partial charge in [-0.2, -0.15) is 0 Å². The summed E-state index contributed by atoms with van der Waals surface area (Å²) in [4.78, 5) is 36.2. The molecule has 0 atom stereocenters. The van der Waals surface area contributed by atoms with Gasteiger partial charge in [-0.1, -0.05) is 51.5 Å². The number of hydrogen-bond acceptors (Lipinski definition) is 4. The van der Waals surface area contributed by atoms with Crippen LogP contribution in [0.2, 0.25) is 0 Å². The molecule has 1 aliphatic rings. The highest BCUT2D eigenvalue weighted by Gasteiger charge is 2.40. The molecule has 2 amide bonds. The molecule has 1 aliphatic heterocycles. The van der Waals surface area contributed by atoms with Crippen LogP contribution in [0.4, 0.5) is 5.69 Å². The van der Waals surface area contributed by atoms with E-state index in [2.05, 4.69) is 6.92 Å². The van der Waals surface area contributed by atoms with E-state index in [0.717, 1.165) is 24.2 Å². The molecule has 0 fully saturated rings. The van der Waals surface area contributed by atoms with Crippen molar-refractivity contribution in [3.63, 3.8) is 0 Å². The molecule has 0 unspecified atom stereocenters. The highest BCUT2D eigenvalue weighted by atomic mass is 16.6. The van der Waals surface area contributed by atoms with E-state index in [1.165, 1.54) is 43.9 Å². The normalized spacial score (nSPS) is 13.5. The first-order chi connectivity index (χ1) is 11.1. The van der Waals surface area contributed by atoms with Crippen LogP contribution >= 0.6 is 0 Å². The number of nitro groups is 1. The lowest BCUT2D eigenvalue weighted by Crippen LogP contribution is -2.30. The van der Waals surface area contributed by atoms with Gasteiger partial charge in [0.05, 0.1) is 10.5 Å². The molecule has 0 aromatic heterocycles. The third-order valence-electron chi connectivity index (χ3n) is 4.16. The number of unbranched alkanes of at least 4 members (excludes halogenated alkanes) is 6. The Morgan fingerprint density at radius 2 is 1.65 bits per heavy atom. The predicted molar refractivity (Wildman–Crippen MR) is 86.5 cm³/mol. The summed E-state index contributed by atoms with van der Waals surface area (Å²) in [7, 11) is 0. The van der Waals surface area contributed by atoms with Crippen LogP contribution in [-0.4, -0.2) is 28.2 Å². The Morgan fingerprint density at radius 3 is 2.30 bits per heavy atom. The van der Waals surface area contributed by atoms with Crippen molar-refractivity contribution in [3.8, 4) is 0 Å². The number of carbonyl (C=O) groups is 2. The van der Waals surface area contributed by atoms with Crippen molar-refractivity contribution in [2.24, 2.45) is 0 Å². The molecule has 23 heavy (non-hydrogen) atoms. The Morgan fingerprint density at radius 1 is 1.00 bits per heavy atom. The second-order valence-corrected chi connectivity index (χ2v) is 5.84. The number of carbonyl (C=O) groups excluding carboxylic acids is 2. The average Bonchev–Trinajstić information content (AvgIpc) is 2.78. The van der Waals surface area contributed by atoms with Gasteiger partial charge in [0.15, 0.2) is 0 Å². The second-order valence-electron chi connectivity index (χ2n) is 5.84. The number of fused-ring (bicyclic) bond motifs is 1. The van der Waals surface area contributed by atoms with E-state index in [0.29, 0.717) is 6.54 Å². The van der Waals surface area contributed by atoms with E-state index in [4.69, 9.17) is 0 Å². The molecule has 0 bridgehead atoms. The van der Waals surface area contributed by atoms with Gasteiger partial charge in [0.25, 0.3) is 17.5 Å². The zero-order chi connectivity index (χ0) is 16.8. The number of nitrogens with zero attached hydrogens (tertiary/aromatic N) is 2.